The van der Waals surface area contributed by atoms with E-state index in [2.05, 4.69) is 20.4 Å². The summed E-state index contributed by atoms with van der Waals surface area (Å²) in [7, 11) is 0.891. The first-order valence-electron chi connectivity index (χ1n) is 7.09. The van der Waals surface area contributed by atoms with Crippen LogP contribution in [0.4, 0.5) is 13.6 Å². The maximum absolute atomic E-state index is 14.3. The summed E-state index contributed by atoms with van der Waals surface area (Å²) in [4.78, 5) is 11.9. The van der Waals surface area contributed by atoms with Crippen molar-refractivity contribution in [1.29, 1.82) is 0 Å². The van der Waals surface area contributed by atoms with E-state index in [1.165, 1.54) is 0 Å². The predicted octanol–water partition coefficient (Wildman–Crippen LogP) is 2.85. The maximum Gasteiger partial charge on any atom is 0.415 e. The second-order valence-electron chi connectivity index (χ2n) is 5.99. The Morgan fingerprint density at radius 2 is 1.58 bits per heavy atom. The molecule has 7 nitrogen and oxygen atoms in total. The van der Waals surface area contributed by atoms with Gasteiger partial charge in [0.05, 0.1) is 0 Å². The van der Waals surface area contributed by atoms with Gasteiger partial charge in [0.25, 0.3) is 5.82 Å². The summed E-state index contributed by atoms with van der Waals surface area (Å²) in [5.41, 5.74) is -0.316. The topological polar surface area (TPSA) is 81.1 Å². The smallest absolute Gasteiger partial charge is 0.415 e. The fraction of sp³-hybridized carbons (Fsp3) is 0.400. The van der Waals surface area contributed by atoms with Crippen LogP contribution in [0.1, 0.15) is 26.6 Å². The minimum Gasteiger partial charge on any atom is -0.444 e. The first-order chi connectivity index (χ1) is 11.1. The summed E-state index contributed by atoms with van der Waals surface area (Å²) in [5, 5.41) is 14.1. The highest BCUT2D eigenvalue weighted by Gasteiger charge is 2.45. The van der Waals surface area contributed by atoms with Crippen LogP contribution in [0.15, 0.2) is 30.3 Å². The lowest BCUT2D eigenvalue weighted by Crippen LogP contribution is -2.44. The number of benzene rings is 1. The third-order valence-corrected chi connectivity index (χ3v) is 2.87. The van der Waals surface area contributed by atoms with Crippen molar-refractivity contribution in [3.8, 4) is 11.4 Å². The van der Waals surface area contributed by atoms with Crippen molar-refractivity contribution in [1.82, 2.24) is 25.3 Å². The standard InChI is InChI=1S/C15H17F2N5O2/c1-14(2,3)24-13(23)22(4)15(16,17)12-20-18-11(19-21-12)10-8-6-5-7-9-10/h5-9H,1-4H3. The number of halogens is 2. The Kier molecular flexibility index (Phi) is 4.72. The third kappa shape index (κ3) is 3.98. The lowest BCUT2D eigenvalue weighted by atomic mass is 10.2. The van der Waals surface area contributed by atoms with Gasteiger partial charge in [-0.2, -0.15) is 8.78 Å². The van der Waals surface area contributed by atoms with E-state index in [-0.39, 0.29) is 10.7 Å². The second kappa shape index (κ2) is 6.42. The van der Waals surface area contributed by atoms with Crippen LogP contribution in [0, 0.1) is 0 Å². The molecular weight excluding hydrogens is 320 g/mol. The van der Waals surface area contributed by atoms with Gasteiger partial charge in [0.1, 0.15) is 5.60 Å². The first-order valence-corrected chi connectivity index (χ1v) is 7.09. The van der Waals surface area contributed by atoms with Crippen molar-refractivity contribution in [3.05, 3.63) is 36.2 Å². The molecule has 9 heteroatoms. The average molecular weight is 337 g/mol. The van der Waals surface area contributed by atoms with Gasteiger partial charge in [-0.05, 0) is 20.8 Å². The number of amides is 1. The molecule has 0 saturated carbocycles. The average Bonchev–Trinajstić information content (AvgIpc) is 2.53. The van der Waals surface area contributed by atoms with Crippen molar-refractivity contribution < 1.29 is 18.3 Å². The molecule has 0 atom stereocenters. The molecule has 1 aromatic heterocycles. The van der Waals surface area contributed by atoms with Crippen molar-refractivity contribution >= 4 is 6.09 Å². The molecule has 0 aliphatic rings. The minimum absolute atomic E-state index is 0.107. The number of rotatable bonds is 3. The molecule has 1 aromatic carbocycles. The molecule has 1 amide bonds. The van der Waals surface area contributed by atoms with Crippen LogP contribution in [0.25, 0.3) is 11.4 Å². The summed E-state index contributed by atoms with van der Waals surface area (Å²) in [6.07, 6.45) is -1.21. The number of nitrogens with zero attached hydrogens (tertiary/aromatic N) is 5. The number of carbonyl (C=O) groups is 1. The van der Waals surface area contributed by atoms with Gasteiger partial charge in [-0.25, -0.2) is 9.69 Å². The van der Waals surface area contributed by atoms with Crippen molar-refractivity contribution in [2.24, 2.45) is 0 Å². The summed E-state index contributed by atoms with van der Waals surface area (Å²) < 4.78 is 33.6. The zero-order valence-electron chi connectivity index (χ0n) is 13.7. The molecule has 0 aliphatic carbocycles. The Bertz CT molecular complexity index is 702. The van der Waals surface area contributed by atoms with E-state index >= 15 is 0 Å². The molecule has 24 heavy (non-hydrogen) atoms. The molecule has 0 radical (unpaired) electrons. The van der Waals surface area contributed by atoms with E-state index in [4.69, 9.17) is 4.74 Å². The van der Waals surface area contributed by atoms with E-state index in [0.29, 0.717) is 5.56 Å². The maximum atomic E-state index is 14.3. The van der Waals surface area contributed by atoms with Crippen LogP contribution in [0.5, 0.6) is 0 Å². The summed E-state index contributed by atoms with van der Waals surface area (Å²) in [6.45, 7) is 4.72. The van der Waals surface area contributed by atoms with Gasteiger partial charge < -0.3 is 4.74 Å². The van der Waals surface area contributed by atoms with E-state index < -0.39 is 23.6 Å². The molecule has 128 valence electrons. The highest BCUT2D eigenvalue weighted by atomic mass is 19.3. The number of hydrogen-bond acceptors (Lipinski definition) is 6. The Morgan fingerprint density at radius 3 is 2.08 bits per heavy atom. The van der Waals surface area contributed by atoms with Crippen LogP contribution in [0.2, 0.25) is 0 Å². The molecule has 0 spiro atoms. The zero-order valence-corrected chi connectivity index (χ0v) is 13.7. The fourth-order valence-corrected chi connectivity index (χ4v) is 1.65. The van der Waals surface area contributed by atoms with Gasteiger partial charge in [-0.15, -0.1) is 20.4 Å². The summed E-state index contributed by atoms with van der Waals surface area (Å²) >= 11 is 0. The zero-order chi connectivity index (χ0) is 18.0. The summed E-state index contributed by atoms with van der Waals surface area (Å²) in [5.74, 6) is -0.884. The molecule has 2 aromatic rings. The largest absolute Gasteiger partial charge is 0.444 e. The number of carbonyl (C=O) groups excluding carboxylic acids is 1. The Labute approximate surface area is 137 Å². The summed E-state index contributed by atoms with van der Waals surface area (Å²) in [6, 6.07) is 4.88. The molecule has 2 rings (SSSR count). The van der Waals surface area contributed by atoms with Crippen molar-refractivity contribution in [2.75, 3.05) is 7.05 Å². The van der Waals surface area contributed by atoms with Gasteiger partial charge in [0.2, 0.25) is 5.82 Å². The number of hydrogen-bond donors (Lipinski definition) is 0. The molecule has 1 heterocycles. The van der Waals surface area contributed by atoms with Gasteiger partial charge in [-0.3, -0.25) is 0 Å². The van der Waals surface area contributed by atoms with Gasteiger partial charge in [-0.1, -0.05) is 30.3 Å². The van der Waals surface area contributed by atoms with Crippen LogP contribution < -0.4 is 0 Å². The van der Waals surface area contributed by atoms with Gasteiger partial charge in [0.15, 0.2) is 0 Å². The Balaban J connectivity index is 2.21. The molecule has 0 aliphatic heterocycles. The van der Waals surface area contributed by atoms with E-state index in [1.54, 1.807) is 51.1 Å². The van der Waals surface area contributed by atoms with Crippen molar-refractivity contribution in [3.63, 3.8) is 0 Å². The van der Waals surface area contributed by atoms with Crippen LogP contribution in [-0.2, 0) is 10.8 Å². The first kappa shape index (κ1) is 17.6. The molecule has 0 saturated heterocycles. The van der Waals surface area contributed by atoms with E-state index in [1.807, 2.05) is 0 Å². The SMILES string of the molecule is CN(C(=O)OC(C)(C)C)C(F)(F)c1nnc(-c2ccccc2)nn1. The van der Waals surface area contributed by atoms with Crippen LogP contribution in [-0.4, -0.2) is 44.0 Å². The lowest BCUT2D eigenvalue weighted by molar-refractivity contribution is -0.143. The van der Waals surface area contributed by atoms with E-state index in [0.717, 1.165) is 7.05 Å². The number of aromatic nitrogens is 4. The Morgan fingerprint density at radius 1 is 1.04 bits per heavy atom. The van der Waals surface area contributed by atoms with Gasteiger partial charge in [0, 0.05) is 12.6 Å². The number of ether oxygens (including phenoxy) is 1. The molecule has 0 N–H and O–H groups in total. The number of alkyl halides is 2. The molecular formula is C15H17F2N5O2. The second-order valence-corrected chi connectivity index (χ2v) is 5.99. The normalized spacial score (nSPS) is 11.9. The predicted molar refractivity (Wildman–Crippen MR) is 80.9 cm³/mol. The monoisotopic (exact) mass is 337 g/mol. The van der Waals surface area contributed by atoms with Gasteiger partial charge >= 0.3 is 12.1 Å². The minimum atomic E-state index is -3.81. The lowest BCUT2D eigenvalue weighted by Gasteiger charge is -2.28. The highest BCUT2D eigenvalue weighted by Crippen LogP contribution is 2.29. The quantitative estimate of drug-likeness (QED) is 0.801. The Hall–Kier alpha value is -2.71. The fourth-order valence-electron chi connectivity index (χ4n) is 1.65. The van der Waals surface area contributed by atoms with E-state index in [9.17, 15) is 13.6 Å². The van der Waals surface area contributed by atoms with Crippen LogP contribution in [0.3, 0.4) is 0 Å². The molecule has 0 fully saturated rings. The molecule has 0 bridgehead atoms. The third-order valence-electron chi connectivity index (χ3n) is 2.87. The van der Waals surface area contributed by atoms with Crippen molar-refractivity contribution in [2.45, 2.75) is 32.4 Å². The highest BCUT2D eigenvalue weighted by molar-refractivity contribution is 5.68. The molecule has 0 unspecified atom stereocenters. The van der Waals surface area contributed by atoms with Crippen LogP contribution >= 0.6 is 0 Å².